The van der Waals surface area contributed by atoms with E-state index in [9.17, 15) is 19.1 Å². The molecule has 1 saturated heterocycles. The summed E-state index contributed by atoms with van der Waals surface area (Å²) in [5, 5.41) is 11.1. The summed E-state index contributed by atoms with van der Waals surface area (Å²) in [4.78, 5) is 29.1. The average Bonchev–Trinajstić information content (AvgIpc) is 3.02. The van der Waals surface area contributed by atoms with Gasteiger partial charge >= 0.3 is 0 Å². The number of amides is 1. The summed E-state index contributed by atoms with van der Waals surface area (Å²) in [5.74, 6) is -1.21. The van der Waals surface area contributed by atoms with Crippen molar-refractivity contribution in [3.63, 3.8) is 0 Å². The zero-order valence-corrected chi connectivity index (χ0v) is 17.3. The maximum atomic E-state index is 13.5. The van der Waals surface area contributed by atoms with Gasteiger partial charge in [-0.15, -0.1) is 0 Å². The third-order valence-corrected chi connectivity index (χ3v) is 5.33. The number of likely N-dealkylation sites (tertiary alicyclic amines) is 1. The Kier molecular flexibility index (Phi) is 5.65. The lowest BCUT2D eigenvalue weighted by Gasteiger charge is -2.26. The molecule has 2 heterocycles. The van der Waals surface area contributed by atoms with Gasteiger partial charge < -0.3 is 24.4 Å². The number of hydrogen-bond acceptors (Lipinski definition) is 6. The van der Waals surface area contributed by atoms with E-state index in [-0.39, 0.29) is 17.9 Å². The number of carbonyl (C=O) groups excluding carboxylic acids is 2. The van der Waals surface area contributed by atoms with Crippen LogP contribution in [-0.4, -0.2) is 67.0 Å². The number of hydrogen-bond donors (Lipinski definition) is 1. The fraction of sp³-hybridized carbons (Fsp3) is 0.304. The number of carbonyl (C=O) groups is 2. The molecule has 0 aliphatic carbocycles. The average molecular weight is 426 g/mol. The van der Waals surface area contributed by atoms with Crippen molar-refractivity contribution in [3.8, 4) is 11.5 Å². The summed E-state index contributed by atoms with van der Waals surface area (Å²) < 4.78 is 24.6. The highest BCUT2D eigenvalue weighted by Crippen LogP contribution is 2.41. The normalized spacial score (nSPS) is 19.9. The van der Waals surface area contributed by atoms with Crippen LogP contribution in [0.2, 0.25) is 0 Å². The van der Waals surface area contributed by atoms with E-state index in [1.807, 2.05) is 19.0 Å². The van der Waals surface area contributed by atoms with Crippen LogP contribution in [0.15, 0.2) is 48.0 Å². The van der Waals surface area contributed by atoms with Crippen LogP contribution < -0.4 is 9.47 Å². The van der Waals surface area contributed by atoms with Crippen LogP contribution in [0.1, 0.15) is 17.2 Å². The topological polar surface area (TPSA) is 79.3 Å². The molecule has 8 heteroatoms. The van der Waals surface area contributed by atoms with Crippen molar-refractivity contribution in [2.45, 2.75) is 6.04 Å². The minimum atomic E-state index is -0.825. The number of rotatable bonds is 5. The lowest BCUT2D eigenvalue weighted by Crippen LogP contribution is -2.35. The number of likely N-dealkylation sites (N-methyl/N-ethyl adjacent to an activating group) is 1. The molecule has 4 rings (SSSR count). The first-order valence-corrected chi connectivity index (χ1v) is 9.95. The van der Waals surface area contributed by atoms with Gasteiger partial charge in [0.15, 0.2) is 11.5 Å². The fourth-order valence-electron chi connectivity index (χ4n) is 3.76. The SMILES string of the molecule is CN(C)CCN1C(=O)C(=O)C(=C(O)c2ccc3c(c2)OCCO3)[C@@H]1c1ccc(F)cc1. The number of Topliss-reactive ketones (excluding diaryl/α,β-unsaturated/α-hetero) is 1. The highest BCUT2D eigenvalue weighted by atomic mass is 19.1. The second-order valence-electron chi connectivity index (χ2n) is 7.71. The molecule has 1 N–H and O–H groups in total. The Hall–Kier alpha value is -3.39. The summed E-state index contributed by atoms with van der Waals surface area (Å²) in [6, 6.07) is 9.59. The monoisotopic (exact) mass is 426 g/mol. The number of aliphatic hydroxyl groups is 1. The highest BCUT2D eigenvalue weighted by Gasteiger charge is 2.46. The molecule has 1 fully saturated rings. The van der Waals surface area contributed by atoms with E-state index in [0.717, 1.165) is 0 Å². The predicted octanol–water partition coefficient (Wildman–Crippen LogP) is 2.58. The Bertz CT molecular complexity index is 1050. The summed E-state index contributed by atoms with van der Waals surface area (Å²) in [6.45, 7) is 1.61. The number of halogens is 1. The Morgan fingerprint density at radius 1 is 1.10 bits per heavy atom. The van der Waals surface area contributed by atoms with Gasteiger partial charge in [0.25, 0.3) is 11.7 Å². The molecule has 7 nitrogen and oxygen atoms in total. The van der Waals surface area contributed by atoms with Crippen LogP contribution in [-0.2, 0) is 9.59 Å². The molecule has 1 atom stereocenters. The van der Waals surface area contributed by atoms with Crippen molar-refractivity contribution in [2.75, 3.05) is 40.4 Å². The molecule has 2 aromatic rings. The summed E-state index contributed by atoms with van der Waals surface area (Å²) >= 11 is 0. The standard InChI is InChI=1S/C23H23FN2O5/c1-25(2)9-10-26-20(14-3-6-16(24)7-4-14)19(22(28)23(26)29)21(27)15-5-8-17-18(13-15)31-12-11-30-17/h3-8,13,20,27H,9-12H2,1-2H3/t20-/m0/s1. The van der Waals surface area contributed by atoms with Gasteiger partial charge in [0.1, 0.15) is 24.8 Å². The number of fused-ring (bicyclic) bond motifs is 1. The van der Waals surface area contributed by atoms with Crippen LogP contribution in [0.5, 0.6) is 11.5 Å². The Morgan fingerprint density at radius 2 is 1.77 bits per heavy atom. The molecule has 1 amide bonds. The second kappa shape index (κ2) is 8.39. The number of benzene rings is 2. The molecule has 0 saturated carbocycles. The van der Waals surface area contributed by atoms with Crippen molar-refractivity contribution < 1.29 is 28.6 Å². The number of ketones is 1. The van der Waals surface area contributed by atoms with Crippen molar-refractivity contribution >= 4 is 17.4 Å². The lowest BCUT2D eigenvalue weighted by atomic mass is 9.95. The van der Waals surface area contributed by atoms with E-state index < -0.39 is 23.5 Å². The molecule has 2 aliphatic rings. The van der Waals surface area contributed by atoms with Crippen molar-refractivity contribution in [2.24, 2.45) is 0 Å². The Balaban J connectivity index is 1.81. The van der Waals surface area contributed by atoms with Gasteiger partial charge in [-0.1, -0.05) is 12.1 Å². The van der Waals surface area contributed by atoms with Gasteiger partial charge in [-0.3, -0.25) is 9.59 Å². The van der Waals surface area contributed by atoms with Crippen LogP contribution in [0.4, 0.5) is 4.39 Å². The first-order valence-electron chi connectivity index (χ1n) is 9.95. The molecule has 2 aromatic carbocycles. The third kappa shape index (κ3) is 3.98. The van der Waals surface area contributed by atoms with Gasteiger partial charge in [0.2, 0.25) is 0 Å². The number of nitrogens with zero attached hydrogens (tertiary/aromatic N) is 2. The smallest absolute Gasteiger partial charge is 0.295 e. The second-order valence-corrected chi connectivity index (χ2v) is 7.71. The molecule has 2 aliphatic heterocycles. The molecule has 0 spiro atoms. The maximum Gasteiger partial charge on any atom is 0.295 e. The Morgan fingerprint density at radius 3 is 2.45 bits per heavy atom. The highest BCUT2D eigenvalue weighted by molar-refractivity contribution is 6.46. The summed E-state index contributed by atoms with van der Waals surface area (Å²) in [7, 11) is 3.72. The summed E-state index contributed by atoms with van der Waals surface area (Å²) in [6.07, 6.45) is 0. The molecule has 162 valence electrons. The van der Waals surface area contributed by atoms with Crippen LogP contribution in [0.25, 0.3) is 5.76 Å². The van der Waals surface area contributed by atoms with E-state index in [4.69, 9.17) is 9.47 Å². The quantitative estimate of drug-likeness (QED) is 0.450. The number of aliphatic hydroxyl groups excluding tert-OH is 1. The fourth-order valence-corrected chi connectivity index (χ4v) is 3.76. The number of ether oxygens (including phenoxy) is 2. The maximum absolute atomic E-state index is 13.5. The minimum Gasteiger partial charge on any atom is -0.507 e. The zero-order valence-electron chi connectivity index (χ0n) is 17.3. The molecule has 31 heavy (non-hydrogen) atoms. The zero-order chi connectivity index (χ0) is 22.1. The van der Waals surface area contributed by atoms with E-state index >= 15 is 0 Å². The largest absolute Gasteiger partial charge is 0.507 e. The van der Waals surface area contributed by atoms with Crippen LogP contribution >= 0.6 is 0 Å². The van der Waals surface area contributed by atoms with E-state index in [0.29, 0.717) is 42.4 Å². The van der Waals surface area contributed by atoms with E-state index in [2.05, 4.69) is 0 Å². The molecule has 0 bridgehead atoms. The Labute approximate surface area is 179 Å². The molecule has 0 aromatic heterocycles. The van der Waals surface area contributed by atoms with Crippen molar-refractivity contribution in [3.05, 3.63) is 65.0 Å². The first-order chi connectivity index (χ1) is 14.9. The van der Waals surface area contributed by atoms with Crippen molar-refractivity contribution in [1.29, 1.82) is 0 Å². The van der Waals surface area contributed by atoms with E-state index in [1.54, 1.807) is 18.2 Å². The van der Waals surface area contributed by atoms with Crippen LogP contribution in [0.3, 0.4) is 0 Å². The molecule has 0 unspecified atom stereocenters. The summed E-state index contributed by atoms with van der Waals surface area (Å²) in [5.41, 5.74) is 0.840. The first kappa shape index (κ1) is 20.9. The lowest BCUT2D eigenvalue weighted by molar-refractivity contribution is -0.140. The third-order valence-electron chi connectivity index (χ3n) is 5.33. The van der Waals surface area contributed by atoms with Gasteiger partial charge in [-0.2, -0.15) is 0 Å². The molecular formula is C23H23FN2O5. The van der Waals surface area contributed by atoms with Gasteiger partial charge in [-0.25, -0.2) is 4.39 Å². The van der Waals surface area contributed by atoms with Crippen molar-refractivity contribution in [1.82, 2.24) is 9.80 Å². The minimum absolute atomic E-state index is 0.0351. The van der Waals surface area contributed by atoms with E-state index in [1.165, 1.54) is 29.2 Å². The van der Waals surface area contributed by atoms with Gasteiger partial charge in [0.05, 0.1) is 11.6 Å². The van der Waals surface area contributed by atoms with Gasteiger partial charge in [-0.05, 0) is 50.0 Å². The van der Waals surface area contributed by atoms with Gasteiger partial charge in [0, 0.05) is 18.7 Å². The van der Waals surface area contributed by atoms with Crippen LogP contribution in [0, 0.1) is 5.82 Å². The molecular weight excluding hydrogens is 403 g/mol. The predicted molar refractivity (Wildman–Crippen MR) is 111 cm³/mol. The molecule has 0 radical (unpaired) electrons.